The molecule has 1 aromatic heterocycles. The van der Waals surface area contributed by atoms with E-state index in [2.05, 4.69) is 0 Å². The highest BCUT2D eigenvalue weighted by molar-refractivity contribution is 5.89. The minimum absolute atomic E-state index is 0.0232. The number of phenolic OH excluding ortho intramolecular Hbond substituents is 4. The number of benzene rings is 3. The van der Waals surface area contributed by atoms with Gasteiger partial charge in [-0.3, -0.25) is 0 Å². The molecule has 4 aromatic rings. The summed E-state index contributed by atoms with van der Waals surface area (Å²) >= 11 is 0. The normalized spacial score (nSPS) is 32.6. The Kier molecular flexibility index (Phi) is 14.7. The van der Waals surface area contributed by atoms with Crippen LogP contribution in [-0.2, 0) is 28.5 Å². The number of hydrogen-bond donors (Lipinski definition) is 13. The molecule has 3 saturated heterocycles. The highest BCUT2D eigenvalue weighted by atomic mass is 16.7. The Hall–Kier alpha value is -5.64. The van der Waals surface area contributed by atoms with E-state index in [0.29, 0.717) is 5.56 Å². The molecule has 0 amide bonds. The number of aliphatic hydroxyl groups excluding tert-OH is 9. The first kappa shape index (κ1) is 48.3. The van der Waals surface area contributed by atoms with Crippen LogP contribution in [0.5, 0.6) is 40.2 Å². The van der Waals surface area contributed by atoms with Gasteiger partial charge in [0.1, 0.15) is 83.7 Å². The molecule has 7 rings (SSSR count). The molecule has 0 bridgehead atoms. The average Bonchev–Trinajstić information content (AvgIpc) is 3.29. The second kappa shape index (κ2) is 20.1. The molecule has 358 valence electrons. The summed E-state index contributed by atoms with van der Waals surface area (Å²) in [5, 5.41) is 137. The van der Waals surface area contributed by atoms with E-state index < -0.39 is 129 Å². The van der Waals surface area contributed by atoms with Crippen molar-refractivity contribution in [3.8, 4) is 51.6 Å². The first-order valence-electron chi connectivity index (χ1n) is 20.3. The number of rotatable bonds is 13. The Labute approximate surface area is 373 Å². The van der Waals surface area contributed by atoms with Crippen molar-refractivity contribution in [2.75, 3.05) is 20.3 Å². The third-order valence-corrected chi connectivity index (χ3v) is 11.1. The van der Waals surface area contributed by atoms with Crippen LogP contribution in [0.2, 0.25) is 0 Å². The van der Waals surface area contributed by atoms with E-state index >= 15 is 0 Å². The molecule has 15 atom stereocenters. The zero-order valence-corrected chi connectivity index (χ0v) is 34.8. The minimum Gasteiger partial charge on any atom is -0.508 e. The molecule has 3 aliphatic rings. The summed E-state index contributed by atoms with van der Waals surface area (Å²) in [6, 6.07) is 11.6. The molecule has 0 aliphatic carbocycles. The van der Waals surface area contributed by atoms with Crippen LogP contribution in [0.3, 0.4) is 0 Å². The van der Waals surface area contributed by atoms with E-state index in [9.17, 15) is 71.2 Å². The van der Waals surface area contributed by atoms with Gasteiger partial charge in [0.2, 0.25) is 24.1 Å². The number of ether oxygens (including phenoxy) is 8. The molecule has 3 fully saturated rings. The summed E-state index contributed by atoms with van der Waals surface area (Å²) in [6.45, 7) is -0.0302. The van der Waals surface area contributed by atoms with E-state index in [1.807, 2.05) is 0 Å². The predicted octanol–water partition coefficient (Wildman–Crippen LogP) is -1.31. The van der Waals surface area contributed by atoms with Crippen LogP contribution < -0.4 is 14.2 Å². The van der Waals surface area contributed by atoms with Crippen LogP contribution in [0.15, 0.2) is 65.1 Å². The number of carbonyl (C=O) groups is 1. The molecule has 23 heteroatoms. The number of hydrogen-bond acceptors (Lipinski definition) is 22. The van der Waals surface area contributed by atoms with Gasteiger partial charge in [0.15, 0.2) is 23.9 Å². The van der Waals surface area contributed by atoms with Crippen molar-refractivity contribution >= 4 is 23.0 Å². The fraction of sp³-hybridized carbons (Fsp3) is 0.442. The third-order valence-electron chi connectivity index (χ3n) is 11.1. The average molecular weight is 934 g/mol. The molecule has 0 spiro atoms. The molecule has 23 nitrogen and oxygen atoms in total. The number of aromatic hydroxyl groups is 4. The number of esters is 1. The number of phenols is 4. The Morgan fingerprint density at radius 1 is 0.682 bits per heavy atom. The summed E-state index contributed by atoms with van der Waals surface area (Å²) in [5.41, 5.74) is 0.350. The second-order valence-electron chi connectivity index (χ2n) is 15.6. The van der Waals surface area contributed by atoms with Gasteiger partial charge in [0, 0.05) is 30.3 Å². The quantitative estimate of drug-likeness (QED) is 0.0320. The Morgan fingerprint density at radius 3 is 1.95 bits per heavy atom. The first-order valence-corrected chi connectivity index (χ1v) is 20.3. The molecule has 13 N–H and O–H groups in total. The van der Waals surface area contributed by atoms with E-state index in [-0.39, 0.29) is 45.3 Å². The standard InChI is InChI=1S/C43H48O23/c1-16-39(66-29(48)8-5-17-3-6-19(45)7-4-17)35(54)38(57)41(60-16)59-15-28-32(51)34(53)37(56)43(65-28)63-26-13-21-23(61-40(26)18-9-22(47)30(49)25(10-18)58-2)11-20(46)12-24(21)62-42-36(55)33(52)31(50)27(14-44)64-42/h3-13,16,27-28,31-39,41-44,50-57H,14-15H2,1-2H3,(H3-,45,46,47,48,49)/p+1. The van der Waals surface area contributed by atoms with Gasteiger partial charge in [-0.15, -0.1) is 0 Å². The number of fused-ring (bicyclic) bond motifs is 1. The fourth-order valence-electron chi connectivity index (χ4n) is 7.42. The lowest BCUT2D eigenvalue weighted by atomic mass is 9.98. The smallest absolute Gasteiger partial charge is 0.402 e. The van der Waals surface area contributed by atoms with Crippen molar-refractivity contribution < 1.29 is 113 Å². The van der Waals surface area contributed by atoms with Crippen molar-refractivity contribution in [3.63, 3.8) is 0 Å². The molecular weight excluding hydrogens is 884 g/mol. The second-order valence-corrected chi connectivity index (χ2v) is 15.6. The zero-order valence-electron chi connectivity index (χ0n) is 34.8. The van der Waals surface area contributed by atoms with Crippen LogP contribution in [0.1, 0.15) is 12.5 Å². The van der Waals surface area contributed by atoms with Gasteiger partial charge in [0.05, 0.1) is 38.1 Å². The molecule has 66 heavy (non-hydrogen) atoms. The van der Waals surface area contributed by atoms with E-state index in [1.54, 1.807) is 12.1 Å². The molecule has 4 heterocycles. The summed E-state index contributed by atoms with van der Waals surface area (Å²) in [7, 11) is 1.20. The third kappa shape index (κ3) is 10.0. The van der Waals surface area contributed by atoms with Crippen molar-refractivity contribution in [1.29, 1.82) is 0 Å². The summed E-state index contributed by atoms with van der Waals surface area (Å²) in [5.74, 6) is -3.85. The van der Waals surface area contributed by atoms with Crippen LogP contribution in [0, 0.1) is 0 Å². The van der Waals surface area contributed by atoms with Crippen molar-refractivity contribution in [3.05, 3.63) is 66.2 Å². The molecule has 0 radical (unpaired) electrons. The maximum atomic E-state index is 12.6. The number of methoxy groups -OCH3 is 1. The van der Waals surface area contributed by atoms with Gasteiger partial charge in [-0.2, -0.15) is 0 Å². The van der Waals surface area contributed by atoms with Gasteiger partial charge in [-0.1, -0.05) is 12.1 Å². The Bertz CT molecular complexity index is 2360. The van der Waals surface area contributed by atoms with Crippen molar-refractivity contribution in [2.24, 2.45) is 0 Å². The summed E-state index contributed by atoms with van der Waals surface area (Å²) in [4.78, 5) is 12.6. The SMILES string of the molecule is COc1cc(-c2[o+]c3cc(O)cc(OC4OC(CO)C(O)C(O)C4O)c3cc2OC2OC(COC3OC(C)C(OC(=O)C=Cc4ccc(O)cc4)C(O)C3O)C(O)C(O)C2O)cc(O)c1O. The first-order chi connectivity index (χ1) is 31.4. The van der Waals surface area contributed by atoms with Gasteiger partial charge in [-0.05, 0) is 30.7 Å². The van der Waals surface area contributed by atoms with E-state index in [1.165, 1.54) is 44.4 Å². The zero-order chi connectivity index (χ0) is 47.7. The highest BCUT2D eigenvalue weighted by Crippen LogP contribution is 2.46. The van der Waals surface area contributed by atoms with Crippen LogP contribution in [0.4, 0.5) is 0 Å². The van der Waals surface area contributed by atoms with Gasteiger partial charge < -0.3 is 104 Å². The van der Waals surface area contributed by atoms with Gasteiger partial charge in [0.25, 0.3) is 0 Å². The topological polar surface area (TPSA) is 365 Å². The van der Waals surface area contributed by atoms with Crippen molar-refractivity contribution in [1.82, 2.24) is 0 Å². The summed E-state index contributed by atoms with van der Waals surface area (Å²) in [6.07, 6.45) is -23.0. The lowest BCUT2D eigenvalue weighted by Crippen LogP contribution is -2.62. The summed E-state index contributed by atoms with van der Waals surface area (Å²) < 4.78 is 51.3. The maximum absolute atomic E-state index is 12.6. The van der Waals surface area contributed by atoms with Gasteiger partial charge in [-0.25, -0.2) is 9.21 Å². The number of aliphatic hydroxyl groups is 9. The molecule has 0 saturated carbocycles. The lowest BCUT2D eigenvalue weighted by molar-refractivity contribution is -0.319. The molecule has 15 unspecified atom stereocenters. The van der Waals surface area contributed by atoms with E-state index in [4.69, 9.17) is 42.3 Å². The minimum atomic E-state index is -2.01. The fourth-order valence-corrected chi connectivity index (χ4v) is 7.42. The largest absolute Gasteiger partial charge is 0.508 e. The predicted molar refractivity (Wildman–Crippen MR) is 219 cm³/mol. The molecule has 3 aliphatic heterocycles. The lowest BCUT2D eigenvalue weighted by Gasteiger charge is -2.42. The van der Waals surface area contributed by atoms with Crippen LogP contribution in [0.25, 0.3) is 28.4 Å². The highest BCUT2D eigenvalue weighted by Gasteiger charge is 2.50. The van der Waals surface area contributed by atoms with Crippen LogP contribution in [-0.4, -0.2) is 185 Å². The van der Waals surface area contributed by atoms with Crippen molar-refractivity contribution in [2.45, 2.75) is 99.0 Å². The Balaban J connectivity index is 1.13. The number of carbonyl (C=O) groups excluding carboxylic acids is 1. The monoisotopic (exact) mass is 933 g/mol. The molecule has 3 aromatic carbocycles. The Morgan fingerprint density at radius 2 is 1.30 bits per heavy atom. The van der Waals surface area contributed by atoms with Crippen LogP contribution >= 0.6 is 0 Å². The van der Waals surface area contributed by atoms with E-state index in [0.717, 1.165) is 24.3 Å². The molecular formula is C43H49O23+. The maximum Gasteiger partial charge on any atom is 0.402 e. The van der Waals surface area contributed by atoms with Gasteiger partial charge >= 0.3 is 17.3 Å².